The summed E-state index contributed by atoms with van der Waals surface area (Å²) in [5.41, 5.74) is 1.11. The van der Waals surface area contributed by atoms with Crippen LogP contribution in [0.4, 0.5) is 11.7 Å². The van der Waals surface area contributed by atoms with Crippen LogP contribution < -0.4 is 15.4 Å². The van der Waals surface area contributed by atoms with E-state index in [1.807, 2.05) is 0 Å². The molecule has 31 heavy (non-hydrogen) atoms. The number of anilines is 2. The maximum atomic E-state index is 12.1. The van der Waals surface area contributed by atoms with E-state index >= 15 is 0 Å². The van der Waals surface area contributed by atoms with Gasteiger partial charge in [-0.1, -0.05) is 27.1 Å². The number of hydrogen-bond donors (Lipinski definition) is 4. The molecule has 0 aliphatic heterocycles. The van der Waals surface area contributed by atoms with Crippen LogP contribution in [0.5, 0.6) is 11.5 Å². The molecular formula is C20H17BrN4O6. The first kappa shape index (κ1) is 21.8. The Bertz CT molecular complexity index is 1140. The Morgan fingerprint density at radius 2 is 2.03 bits per heavy atom. The predicted molar refractivity (Wildman–Crippen MR) is 115 cm³/mol. The van der Waals surface area contributed by atoms with Crippen LogP contribution in [-0.2, 0) is 11.3 Å². The number of phenolic OH excluding ortho intramolecular Hbond substituents is 1. The van der Waals surface area contributed by atoms with Gasteiger partial charge in [0.1, 0.15) is 0 Å². The number of ether oxygens (including phenoxy) is 1. The normalized spacial score (nSPS) is 10.8. The van der Waals surface area contributed by atoms with E-state index in [4.69, 9.17) is 9.15 Å². The van der Waals surface area contributed by atoms with E-state index in [1.165, 1.54) is 31.4 Å². The molecule has 0 saturated heterocycles. The van der Waals surface area contributed by atoms with Crippen molar-refractivity contribution in [3.63, 3.8) is 0 Å². The van der Waals surface area contributed by atoms with E-state index in [-0.39, 0.29) is 35.5 Å². The second-order valence-corrected chi connectivity index (χ2v) is 7.02. The van der Waals surface area contributed by atoms with Crippen molar-refractivity contribution in [2.75, 3.05) is 17.7 Å². The molecule has 0 aliphatic carbocycles. The van der Waals surface area contributed by atoms with Crippen molar-refractivity contribution in [3.05, 3.63) is 64.0 Å². The van der Waals surface area contributed by atoms with E-state index in [0.717, 1.165) is 0 Å². The number of phenols is 1. The number of halogens is 1. The Balaban J connectivity index is 1.59. The Hall–Kier alpha value is -3.86. The summed E-state index contributed by atoms with van der Waals surface area (Å²) in [5.74, 6) is -1.15. The fraction of sp³-hybridized carbons (Fsp3) is 0.100. The van der Waals surface area contributed by atoms with Gasteiger partial charge in [-0.15, -0.1) is 5.10 Å². The summed E-state index contributed by atoms with van der Waals surface area (Å²) in [4.78, 5) is 23.4. The number of rotatable bonds is 8. The third kappa shape index (κ3) is 5.82. The fourth-order valence-corrected chi connectivity index (χ4v) is 2.87. The first-order valence-corrected chi connectivity index (χ1v) is 9.60. The average molecular weight is 489 g/mol. The molecule has 4 N–H and O–H groups in total. The van der Waals surface area contributed by atoms with Gasteiger partial charge < -0.3 is 24.7 Å². The molecule has 3 aromatic rings. The minimum absolute atomic E-state index is 0.00490. The minimum Gasteiger partial charge on any atom is -0.504 e. The van der Waals surface area contributed by atoms with Gasteiger partial charge in [-0.05, 0) is 42.0 Å². The highest BCUT2D eigenvalue weighted by Crippen LogP contribution is 2.26. The van der Waals surface area contributed by atoms with Gasteiger partial charge in [0, 0.05) is 16.2 Å². The number of aromatic carboxylic acids is 1. The largest absolute Gasteiger partial charge is 0.504 e. The molecule has 0 radical (unpaired) electrons. The van der Waals surface area contributed by atoms with Crippen molar-refractivity contribution in [2.45, 2.75) is 6.54 Å². The van der Waals surface area contributed by atoms with Gasteiger partial charge >= 0.3 is 12.0 Å². The zero-order chi connectivity index (χ0) is 22.4. The van der Waals surface area contributed by atoms with Crippen LogP contribution in [0.1, 0.15) is 21.8 Å². The Morgan fingerprint density at radius 1 is 1.23 bits per heavy atom. The number of carboxylic acid groups (broad SMARTS) is 1. The highest BCUT2D eigenvalue weighted by Gasteiger charge is 2.13. The third-order valence-corrected chi connectivity index (χ3v) is 4.46. The number of aromatic nitrogens is 2. The quantitative estimate of drug-likeness (QED) is 0.349. The molecule has 0 bridgehead atoms. The SMILES string of the molecule is COc1cc(/C=C/C(=O)Nc2nnc(CNc3ccc(Br)cc3C(=O)O)o2)ccc1O. The zero-order valence-corrected chi connectivity index (χ0v) is 17.7. The molecule has 0 atom stereocenters. The van der Waals surface area contributed by atoms with Crippen LogP contribution in [0, 0.1) is 0 Å². The lowest BCUT2D eigenvalue weighted by atomic mass is 10.2. The van der Waals surface area contributed by atoms with Gasteiger partial charge in [-0.3, -0.25) is 10.1 Å². The van der Waals surface area contributed by atoms with E-state index < -0.39 is 11.9 Å². The molecule has 0 spiro atoms. The summed E-state index contributed by atoms with van der Waals surface area (Å²) in [6.07, 6.45) is 2.78. The molecule has 10 nitrogen and oxygen atoms in total. The van der Waals surface area contributed by atoms with Crippen molar-refractivity contribution < 1.29 is 29.0 Å². The summed E-state index contributed by atoms with van der Waals surface area (Å²) in [5, 5.41) is 31.8. The predicted octanol–water partition coefficient (Wildman–Crippen LogP) is 3.51. The van der Waals surface area contributed by atoms with E-state index in [0.29, 0.717) is 15.7 Å². The molecule has 0 unspecified atom stereocenters. The number of methoxy groups -OCH3 is 1. The molecule has 2 aromatic carbocycles. The minimum atomic E-state index is -1.08. The maximum Gasteiger partial charge on any atom is 0.337 e. The zero-order valence-electron chi connectivity index (χ0n) is 16.1. The summed E-state index contributed by atoms with van der Waals surface area (Å²) in [6, 6.07) is 9.31. The maximum absolute atomic E-state index is 12.1. The molecule has 3 rings (SSSR count). The summed E-state index contributed by atoms with van der Waals surface area (Å²) >= 11 is 3.23. The van der Waals surface area contributed by atoms with Gasteiger partial charge in [0.25, 0.3) is 5.91 Å². The van der Waals surface area contributed by atoms with Gasteiger partial charge in [0.2, 0.25) is 5.89 Å². The van der Waals surface area contributed by atoms with Crippen LogP contribution in [0.3, 0.4) is 0 Å². The monoisotopic (exact) mass is 488 g/mol. The number of amides is 1. The standard InChI is InChI=1S/C20H17BrN4O6/c1-30-16-8-11(2-6-15(16)26)3-7-17(27)23-20-25-24-18(31-20)10-22-14-5-4-12(21)9-13(14)19(28)29/h2-9,22,26H,10H2,1H3,(H,28,29)(H,23,25,27)/b7-3+. The lowest BCUT2D eigenvalue weighted by molar-refractivity contribution is -0.112. The van der Waals surface area contributed by atoms with Gasteiger partial charge in [0.15, 0.2) is 11.5 Å². The molecule has 1 heterocycles. The summed E-state index contributed by atoms with van der Waals surface area (Å²) in [6.45, 7) is 0.0634. The highest BCUT2D eigenvalue weighted by atomic mass is 79.9. The average Bonchev–Trinajstić information content (AvgIpc) is 3.19. The molecule has 160 valence electrons. The summed E-state index contributed by atoms with van der Waals surface area (Å²) in [7, 11) is 1.43. The molecule has 0 aliphatic rings. The Kier molecular flexibility index (Phi) is 6.88. The number of carboxylic acids is 1. The van der Waals surface area contributed by atoms with Crippen molar-refractivity contribution >= 4 is 45.6 Å². The second-order valence-electron chi connectivity index (χ2n) is 6.10. The highest BCUT2D eigenvalue weighted by molar-refractivity contribution is 9.10. The van der Waals surface area contributed by atoms with Crippen molar-refractivity contribution in [3.8, 4) is 11.5 Å². The third-order valence-electron chi connectivity index (χ3n) is 3.97. The molecule has 0 fully saturated rings. The second kappa shape index (κ2) is 9.76. The fourth-order valence-electron chi connectivity index (χ4n) is 2.51. The topological polar surface area (TPSA) is 147 Å². The number of nitrogens with zero attached hydrogens (tertiary/aromatic N) is 2. The van der Waals surface area contributed by atoms with Crippen molar-refractivity contribution in [2.24, 2.45) is 0 Å². The first-order chi connectivity index (χ1) is 14.9. The van der Waals surface area contributed by atoms with Gasteiger partial charge in [-0.25, -0.2) is 4.79 Å². The number of hydrogen-bond acceptors (Lipinski definition) is 8. The Labute approximate surface area is 184 Å². The van der Waals surface area contributed by atoms with Gasteiger partial charge in [-0.2, -0.15) is 0 Å². The van der Waals surface area contributed by atoms with Crippen LogP contribution in [0.25, 0.3) is 6.08 Å². The number of aromatic hydroxyl groups is 1. The van der Waals surface area contributed by atoms with Crippen molar-refractivity contribution in [1.82, 2.24) is 10.2 Å². The Morgan fingerprint density at radius 3 is 2.77 bits per heavy atom. The number of benzene rings is 2. The molecule has 1 amide bonds. The lowest BCUT2D eigenvalue weighted by Crippen LogP contribution is -2.08. The van der Waals surface area contributed by atoms with Crippen LogP contribution in [-0.4, -0.2) is 39.4 Å². The van der Waals surface area contributed by atoms with Crippen LogP contribution >= 0.6 is 15.9 Å². The number of carbonyl (C=O) groups excluding carboxylic acids is 1. The van der Waals surface area contributed by atoms with Crippen LogP contribution in [0.15, 0.2) is 51.4 Å². The van der Waals surface area contributed by atoms with Gasteiger partial charge in [0.05, 0.1) is 19.2 Å². The van der Waals surface area contributed by atoms with E-state index in [2.05, 4.69) is 36.8 Å². The molecule has 1 aromatic heterocycles. The lowest BCUT2D eigenvalue weighted by Gasteiger charge is -2.07. The van der Waals surface area contributed by atoms with Crippen LogP contribution in [0.2, 0.25) is 0 Å². The smallest absolute Gasteiger partial charge is 0.337 e. The van der Waals surface area contributed by atoms with E-state index in [9.17, 15) is 19.8 Å². The van der Waals surface area contributed by atoms with Crippen molar-refractivity contribution in [1.29, 1.82) is 0 Å². The molecular weight excluding hydrogens is 472 g/mol. The summed E-state index contributed by atoms with van der Waals surface area (Å²) < 4.78 is 11.0. The number of carbonyl (C=O) groups is 2. The van der Waals surface area contributed by atoms with E-state index in [1.54, 1.807) is 24.3 Å². The first-order valence-electron chi connectivity index (χ1n) is 8.81. The molecule has 11 heteroatoms. The number of nitrogens with one attached hydrogen (secondary N) is 2. The molecule has 0 saturated carbocycles.